The van der Waals surface area contributed by atoms with E-state index in [1.165, 1.54) is 26.4 Å². The zero-order valence-electron chi connectivity index (χ0n) is 15.4. The lowest BCUT2D eigenvalue weighted by atomic mass is 10.2. The molecule has 7 nitrogen and oxygen atoms in total. The second kappa shape index (κ2) is 9.38. The molecule has 2 aromatic carbocycles. The molecule has 150 valence electrons. The monoisotopic (exact) mass is 443 g/mol. The minimum atomic E-state index is -3.94. The van der Waals surface area contributed by atoms with Gasteiger partial charge in [0.05, 0.1) is 29.9 Å². The lowest BCUT2D eigenvalue weighted by Crippen LogP contribution is -2.36. The molecule has 0 heterocycles. The molecule has 0 atom stereocenters. The number of ether oxygens (including phenoxy) is 1. The fraction of sp³-hybridized carbons (Fsp3) is 0.222. The summed E-state index contributed by atoms with van der Waals surface area (Å²) in [4.78, 5) is 12.1. The van der Waals surface area contributed by atoms with Crippen molar-refractivity contribution in [3.05, 3.63) is 57.6 Å². The smallest absolute Gasteiger partial charge is 0.255 e. The first-order chi connectivity index (χ1) is 13.2. The molecule has 0 aliphatic heterocycles. The van der Waals surface area contributed by atoms with Crippen molar-refractivity contribution in [3.63, 3.8) is 0 Å². The molecule has 0 saturated carbocycles. The highest BCUT2D eigenvalue weighted by molar-refractivity contribution is 7.89. The summed E-state index contributed by atoms with van der Waals surface area (Å²) in [5, 5.41) is 4.52. The summed E-state index contributed by atoms with van der Waals surface area (Å²) in [6.45, 7) is 1.33. The van der Waals surface area contributed by atoms with Crippen LogP contribution in [0.25, 0.3) is 0 Å². The van der Waals surface area contributed by atoms with Crippen molar-refractivity contribution in [2.24, 2.45) is 5.10 Å². The molecule has 0 aromatic heterocycles. The predicted molar refractivity (Wildman–Crippen MR) is 110 cm³/mol. The van der Waals surface area contributed by atoms with Crippen LogP contribution in [0.5, 0.6) is 5.75 Å². The molecular formula is C18H19Cl2N3O4S. The zero-order chi connectivity index (χ0) is 20.9. The minimum absolute atomic E-state index is 0.0170. The number of rotatable bonds is 7. The van der Waals surface area contributed by atoms with E-state index in [0.29, 0.717) is 15.6 Å². The molecule has 0 aliphatic carbocycles. The summed E-state index contributed by atoms with van der Waals surface area (Å²) < 4.78 is 31.6. The van der Waals surface area contributed by atoms with E-state index in [-0.39, 0.29) is 10.6 Å². The number of aryl methyl sites for hydroxylation is 1. The highest BCUT2D eigenvalue weighted by atomic mass is 35.5. The van der Waals surface area contributed by atoms with Crippen LogP contribution >= 0.6 is 23.2 Å². The Morgan fingerprint density at radius 3 is 2.50 bits per heavy atom. The van der Waals surface area contributed by atoms with E-state index >= 15 is 0 Å². The molecule has 0 spiro atoms. The van der Waals surface area contributed by atoms with Crippen LogP contribution in [0, 0.1) is 6.92 Å². The topological polar surface area (TPSA) is 88.1 Å². The third-order valence-electron chi connectivity index (χ3n) is 3.76. The Hall–Kier alpha value is -2.13. The van der Waals surface area contributed by atoms with Crippen molar-refractivity contribution < 1.29 is 17.9 Å². The van der Waals surface area contributed by atoms with Crippen LogP contribution in [0.4, 0.5) is 0 Å². The number of sulfonamides is 1. The number of hydrogen-bond donors (Lipinski definition) is 1. The summed E-state index contributed by atoms with van der Waals surface area (Å²) in [5.74, 6) is -0.429. The summed E-state index contributed by atoms with van der Waals surface area (Å²) in [6, 6.07) is 9.73. The number of halogens is 2. The van der Waals surface area contributed by atoms with E-state index in [9.17, 15) is 13.2 Å². The predicted octanol–water partition coefficient (Wildman–Crippen LogP) is 3.08. The van der Waals surface area contributed by atoms with Gasteiger partial charge in [-0.1, -0.05) is 35.3 Å². The molecule has 2 aromatic rings. The van der Waals surface area contributed by atoms with Gasteiger partial charge in [0.2, 0.25) is 10.0 Å². The van der Waals surface area contributed by atoms with Gasteiger partial charge in [0.15, 0.2) is 0 Å². The average molecular weight is 444 g/mol. The van der Waals surface area contributed by atoms with Gasteiger partial charge in [-0.2, -0.15) is 9.41 Å². The van der Waals surface area contributed by atoms with Gasteiger partial charge < -0.3 is 4.74 Å². The van der Waals surface area contributed by atoms with Gasteiger partial charge >= 0.3 is 0 Å². The largest absolute Gasteiger partial charge is 0.495 e. The molecule has 0 unspecified atom stereocenters. The summed E-state index contributed by atoms with van der Waals surface area (Å²) in [7, 11) is -1.26. The van der Waals surface area contributed by atoms with E-state index in [4.69, 9.17) is 27.9 Å². The Kier molecular flexibility index (Phi) is 7.42. The Bertz CT molecular complexity index is 990. The average Bonchev–Trinajstić information content (AvgIpc) is 2.64. The second-order valence-electron chi connectivity index (χ2n) is 5.84. The van der Waals surface area contributed by atoms with Gasteiger partial charge in [-0.3, -0.25) is 4.79 Å². The molecule has 0 bridgehead atoms. The first kappa shape index (κ1) is 22.2. The number of hydrazone groups is 1. The van der Waals surface area contributed by atoms with Crippen LogP contribution in [-0.4, -0.2) is 45.5 Å². The van der Waals surface area contributed by atoms with Crippen LogP contribution in [0.15, 0.2) is 46.4 Å². The third kappa shape index (κ3) is 5.23. The fourth-order valence-electron chi connectivity index (χ4n) is 2.28. The number of methoxy groups -OCH3 is 1. The van der Waals surface area contributed by atoms with Crippen LogP contribution in [0.1, 0.15) is 11.1 Å². The molecule has 10 heteroatoms. The van der Waals surface area contributed by atoms with E-state index in [1.54, 1.807) is 37.3 Å². The molecule has 0 fully saturated rings. The maximum Gasteiger partial charge on any atom is 0.255 e. The Morgan fingerprint density at radius 2 is 1.89 bits per heavy atom. The lowest BCUT2D eigenvalue weighted by molar-refractivity contribution is -0.121. The third-order valence-corrected chi connectivity index (χ3v) is 6.24. The molecule has 0 saturated heterocycles. The summed E-state index contributed by atoms with van der Waals surface area (Å²) >= 11 is 12.0. The lowest BCUT2D eigenvalue weighted by Gasteiger charge is -2.18. The van der Waals surface area contributed by atoms with Crippen molar-refractivity contribution in [2.75, 3.05) is 20.7 Å². The first-order valence-electron chi connectivity index (χ1n) is 8.03. The van der Waals surface area contributed by atoms with Crippen molar-refractivity contribution in [1.29, 1.82) is 0 Å². The number of hydrogen-bond acceptors (Lipinski definition) is 5. The van der Waals surface area contributed by atoms with Crippen molar-refractivity contribution >= 4 is 45.3 Å². The van der Waals surface area contributed by atoms with Crippen molar-refractivity contribution in [3.8, 4) is 5.75 Å². The molecule has 0 aliphatic rings. The number of nitrogens with zero attached hydrogens (tertiary/aromatic N) is 2. The quantitative estimate of drug-likeness (QED) is 0.525. The van der Waals surface area contributed by atoms with Crippen LogP contribution in [0.3, 0.4) is 0 Å². The van der Waals surface area contributed by atoms with Crippen molar-refractivity contribution in [2.45, 2.75) is 11.8 Å². The maximum atomic E-state index is 12.8. The number of benzene rings is 2. The van der Waals surface area contributed by atoms with E-state index < -0.39 is 22.5 Å². The zero-order valence-corrected chi connectivity index (χ0v) is 17.8. The van der Waals surface area contributed by atoms with Gasteiger partial charge in [-0.05, 0) is 36.8 Å². The Morgan fingerprint density at radius 1 is 1.25 bits per heavy atom. The normalized spacial score (nSPS) is 11.8. The standard InChI is InChI=1S/C18H19Cl2N3O4S/c1-12-7-8-16(27-3)17(9-12)28(25,26)23(2)11-18(24)22-21-10-13-14(19)5-4-6-15(13)20/h4-10H,11H2,1-3H3,(H,22,24)/b21-10-. The number of carbonyl (C=O) groups excluding carboxylic acids is 1. The van der Waals surface area contributed by atoms with E-state index in [2.05, 4.69) is 10.5 Å². The van der Waals surface area contributed by atoms with Gasteiger partial charge in [0.25, 0.3) is 5.91 Å². The second-order valence-corrected chi connectivity index (χ2v) is 8.67. The van der Waals surface area contributed by atoms with Crippen LogP contribution in [-0.2, 0) is 14.8 Å². The molecule has 1 amide bonds. The first-order valence-corrected chi connectivity index (χ1v) is 10.2. The minimum Gasteiger partial charge on any atom is -0.495 e. The highest BCUT2D eigenvalue weighted by Gasteiger charge is 2.26. The van der Waals surface area contributed by atoms with Gasteiger partial charge in [0, 0.05) is 12.6 Å². The fourth-order valence-corrected chi connectivity index (χ4v) is 4.14. The summed E-state index contributed by atoms with van der Waals surface area (Å²) in [6.07, 6.45) is 1.29. The SMILES string of the molecule is COc1ccc(C)cc1S(=O)(=O)N(C)CC(=O)N/N=C\c1c(Cl)cccc1Cl. The number of carbonyl (C=O) groups is 1. The van der Waals surface area contributed by atoms with Gasteiger partial charge in [0.1, 0.15) is 10.6 Å². The molecule has 1 N–H and O–H groups in total. The molecule has 2 rings (SSSR count). The molecular weight excluding hydrogens is 425 g/mol. The van der Waals surface area contributed by atoms with Gasteiger partial charge in [-0.25, -0.2) is 13.8 Å². The molecule has 0 radical (unpaired) electrons. The molecule has 28 heavy (non-hydrogen) atoms. The number of nitrogens with one attached hydrogen (secondary N) is 1. The Balaban J connectivity index is 2.09. The van der Waals surface area contributed by atoms with Gasteiger partial charge in [-0.15, -0.1) is 0 Å². The highest BCUT2D eigenvalue weighted by Crippen LogP contribution is 2.27. The summed E-state index contributed by atoms with van der Waals surface area (Å²) in [5.41, 5.74) is 3.45. The number of amides is 1. The van der Waals surface area contributed by atoms with E-state index in [0.717, 1.165) is 9.87 Å². The number of likely N-dealkylation sites (N-methyl/N-ethyl adjacent to an activating group) is 1. The van der Waals surface area contributed by atoms with E-state index in [1.807, 2.05) is 0 Å². The van der Waals surface area contributed by atoms with Crippen LogP contribution in [0.2, 0.25) is 10.0 Å². The van der Waals surface area contributed by atoms with Crippen LogP contribution < -0.4 is 10.2 Å². The maximum absolute atomic E-state index is 12.8. The van der Waals surface area contributed by atoms with Crippen molar-refractivity contribution in [1.82, 2.24) is 9.73 Å². The Labute approximate surface area is 173 Å².